The maximum atomic E-state index is 5.60. The zero-order valence-corrected chi connectivity index (χ0v) is 13.2. The summed E-state index contributed by atoms with van der Waals surface area (Å²) in [6.45, 7) is 0. The van der Waals surface area contributed by atoms with Gasteiger partial charge in [0.15, 0.2) is 0 Å². The molecule has 2 nitrogen and oxygen atoms in total. The van der Waals surface area contributed by atoms with Crippen molar-refractivity contribution in [1.82, 2.24) is 9.55 Å². The smallest absolute Gasteiger partial charge is 0.205 e. The van der Waals surface area contributed by atoms with E-state index in [0.29, 0.717) is 4.77 Å². The largest absolute Gasteiger partial charge is 0.285 e. The third kappa shape index (κ3) is 2.45. The quantitative estimate of drug-likeness (QED) is 0.460. The number of nitrogens with zero attached hydrogens (tertiary/aromatic N) is 2. The van der Waals surface area contributed by atoms with Crippen LogP contribution in [-0.2, 0) is 0 Å². The molecule has 0 radical (unpaired) electrons. The van der Waals surface area contributed by atoms with Crippen molar-refractivity contribution in [2.75, 3.05) is 0 Å². The maximum absolute atomic E-state index is 5.60. The van der Waals surface area contributed by atoms with Crippen LogP contribution in [0.5, 0.6) is 0 Å². The van der Waals surface area contributed by atoms with Crippen LogP contribution in [0.3, 0.4) is 0 Å². The highest BCUT2D eigenvalue weighted by Gasteiger charge is 2.12. The normalized spacial score (nSPS) is 10.8. The summed E-state index contributed by atoms with van der Waals surface area (Å²) in [5.74, 6) is 0. The van der Waals surface area contributed by atoms with E-state index in [1.807, 2.05) is 59.2 Å². The van der Waals surface area contributed by atoms with Crippen molar-refractivity contribution in [3.05, 3.63) is 89.7 Å². The lowest BCUT2D eigenvalue weighted by Gasteiger charge is -2.16. The number of fused-ring (bicyclic) bond motifs is 1. The Morgan fingerprint density at radius 3 is 2.04 bits per heavy atom. The summed E-state index contributed by atoms with van der Waals surface area (Å²) in [4.78, 5) is 4.62. The first-order valence-electron chi connectivity index (χ1n) is 7.47. The van der Waals surface area contributed by atoms with Gasteiger partial charge in [0.05, 0.1) is 11.2 Å². The standard InChI is InChI=1S/C20H14N2S/c23-20-21-18-14-8-7-13-17(18)19(15-9-3-1-4-10-15)22(20)16-11-5-2-6-12-16/h1-14H. The van der Waals surface area contributed by atoms with Gasteiger partial charge in [-0.05, 0) is 36.0 Å². The minimum Gasteiger partial charge on any atom is -0.285 e. The summed E-state index contributed by atoms with van der Waals surface area (Å²) >= 11 is 5.60. The van der Waals surface area contributed by atoms with Gasteiger partial charge in [-0.2, -0.15) is 0 Å². The average molecular weight is 314 g/mol. The van der Waals surface area contributed by atoms with Gasteiger partial charge in [-0.25, -0.2) is 4.98 Å². The number of hydrogen-bond acceptors (Lipinski definition) is 2. The molecule has 0 N–H and O–H groups in total. The first-order chi connectivity index (χ1) is 11.3. The van der Waals surface area contributed by atoms with E-state index in [1.165, 1.54) is 0 Å². The van der Waals surface area contributed by atoms with Gasteiger partial charge in [-0.1, -0.05) is 66.7 Å². The average Bonchev–Trinajstić information content (AvgIpc) is 2.62. The molecule has 0 spiro atoms. The Bertz CT molecular complexity index is 1020. The van der Waals surface area contributed by atoms with Crippen molar-refractivity contribution in [1.29, 1.82) is 0 Å². The van der Waals surface area contributed by atoms with Crippen molar-refractivity contribution < 1.29 is 0 Å². The molecule has 0 aliphatic carbocycles. The maximum Gasteiger partial charge on any atom is 0.205 e. The van der Waals surface area contributed by atoms with Crippen molar-refractivity contribution in [2.45, 2.75) is 0 Å². The molecule has 0 aliphatic rings. The predicted octanol–water partition coefficient (Wildman–Crippen LogP) is 5.42. The van der Waals surface area contributed by atoms with Crippen LogP contribution in [0, 0.1) is 4.77 Å². The first-order valence-corrected chi connectivity index (χ1v) is 7.88. The lowest BCUT2D eigenvalue weighted by Crippen LogP contribution is -2.05. The molecule has 0 saturated heterocycles. The fourth-order valence-electron chi connectivity index (χ4n) is 2.84. The van der Waals surface area contributed by atoms with Gasteiger partial charge in [0.1, 0.15) is 0 Å². The van der Waals surface area contributed by atoms with Crippen molar-refractivity contribution >= 4 is 23.1 Å². The number of hydrogen-bond donors (Lipinski definition) is 0. The molecule has 4 aromatic rings. The third-order valence-corrected chi connectivity index (χ3v) is 4.13. The minimum absolute atomic E-state index is 0.564. The Labute approximate surface area is 139 Å². The van der Waals surface area contributed by atoms with Gasteiger partial charge in [-0.15, -0.1) is 0 Å². The number of rotatable bonds is 2. The molecule has 1 heterocycles. The molecule has 23 heavy (non-hydrogen) atoms. The van der Waals surface area contributed by atoms with E-state index in [1.54, 1.807) is 0 Å². The van der Waals surface area contributed by atoms with E-state index in [9.17, 15) is 0 Å². The Morgan fingerprint density at radius 1 is 0.696 bits per heavy atom. The zero-order chi connectivity index (χ0) is 15.6. The molecule has 0 saturated carbocycles. The molecular formula is C20H14N2S. The summed E-state index contributed by atoms with van der Waals surface area (Å²) in [5, 5.41) is 1.09. The Morgan fingerprint density at radius 2 is 1.30 bits per heavy atom. The van der Waals surface area contributed by atoms with Crippen LogP contribution in [0.2, 0.25) is 0 Å². The second-order valence-corrected chi connectivity index (χ2v) is 5.66. The van der Waals surface area contributed by atoms with Crippen LogP contribution < -0.4 is 0 Å². The summed E-state index contributed by atoms with van der Waals surface area (Å²) < 4.78 is 2.61. The molecule has 0 amide bonds. The molecule has 0 bridgehead atoms. The highest BCUT2D eigenvalue weighted by Crippen LogP contribution is 2.30. The number of para-hydroxylation sites is 2. The molecule has 0 atom stereocenters. The lowest BCUT2D eigenvalue weighted by molar-refractivity contribution is 0.990. The minimum atomic E-state index is 0.564. The molecule has 3 aromatic carbocycles. The fourth-order valence-corrected chi connectivity index (χ4v) is 3.13. The number of aromatic nitrogens is 2. The molecule has 3 heteroatoms. The van der Waals surface area contributed by atoms with Crippen molar-refractivity contribution in [3.8, 4) is 16.9 Å². The topological polar surface area (TPSA) is 17.8 Å². The summed E-state index contributed by atoms with van der Waals surface area (Å²) in [6.07, 6.45) is 0. The van der Waals surface area contributed by atoms with E-state index < -0.39 is 0 Å². The van der Waals surface area contributed by atoms with Crippen LogP contribution in [0.25, 0.3) is 27.8 Å². The lowest BCUT2D eigenvalue weighted by atomic mass is 10.1. The van der Waals surface area contributed by atoms with Crippen LogP contribution >= 0.6 is 12.2 Å². The number of benzene rings is 3. The molecule has 0 fully saturated rings. The van der Waals surface area contributed by atoms with Gasteiger partial charge < -0.3 is 0 Å². The van der Waals surface area contributed by atoms with Gasteiger partial charge in [0.2, 0.25) is 4.77 Å². The third-order valence-electron chi connectivity index (χ3n) is 3.85. The van der Waals surface area contributed by atoms with Crippen LogP contribution in [0.15, 0.2) is 84.9 Å². The van der Waals surface area contributed by atoms with Crippen LogP contribution in [-0.4, -0.2) is 9.55 Å². The van der Waals surface area contributed by atoms with Crippen molar-refractivity contribution in [2.24, 2.45) is 0 Å². The van der Waals surface area contributed by atoms with Gasteiger partial charge in [0.25, 0.3) is 0 Å². The Hall–Kier alpha value is -2.78. The Kier molecular flexibility index (Phi) is 3.48. The highest BCUT2D eigenvalue weighted by molar-refractivity contribution is 7.71. The SMILES string of the molecule is S=c1nc2ccccc2c(-c2ccccc2)n1-c1ccccc1. The van der Waals surface area contributed by atoms with E-state index >= 15 is 0 Å². The molecule has 1 aromatic heterocycles. The van der Waals surface area contributed by atoms with Crippen LogP contribution in [0.4, 0.5) is 0 Å². The van der Waals surface area contributed by atoms with E-state index in [2.05, 4.69) is 35.3 Å². The molecular weight excluding hydrogens is 300 g/mol. The second-order valence-electron chi connectivity index (χ2n) is 5.30. The van der Waals surface area contributed by atoms with Gasteiger partial charge >= 0.3 is 0 Å². The predicted molar refractivity (Wildman–Crippen MR) is 97.3 cm³/mol. The molecule has 0 unspecified atom stereocenters. The summed E-state index contributed by atoms with van der Waals surface area (Å²) in [6, 6.07) is 28.6. The fraction of sp³-hybridized carbons (Fsp3) is 0. The van der Waals surface area contributed by atoms with Crippen LogP contribution in [0.1, 0.15) is 0 Å². The van der Waals surface area contributed by atoms with Gasteiger partial charge in [0, 0.05) is 11.1 Å². The van der Waals surface area contributed by atoms with E-state index in [0.717, 1.165) is 27.8 Å². The summed E-state index contributed by atoms with van der Waals surface area (Å²) in [7, 11) is 0. The molecule has 0 aliphatic heterocycles. The second kappa shape index (κ2) is 5.78. The van der Waals surface area contributed by atoms with E-state index in [4.69, 9.17) is 12.2 Å². The highest BCUT2D eigenvalue weighted by atomic mass is 32.1. The van der Waals surface area contributed by atoms with Gasteiger partial charge in [-0.3, -0.25) is 4.57 Å². The molecule has 4 rings (SSSR count). The van der Waals surface area contributed by atoms with E-state index in [-0.39, 0.29) is 0 Å². The first kappa shape index (κ1) is 13.9. The Balaban J connectivity index is 2.18. The van der Waals surface area contributed by atoms with Crippen molar-refractivity contribution in [3.63, 3.8) is 0 Å². The zero-order valence-electron chi connectivity index (χ0n) is 12.4. The summed E-state index contributed by atoms with van der Waals surface area (Å²) in [5.41, 5.74) is 4.14. The molecule has 110 valence electrons. The monoisotopic (exact) mass is 314 g/mol.